The van der Waals surface area contributed by atoms with Crippen LogP contribution in [0.5, 0.6) is 5.75 Å². The fourth-order valence-corrected chi connectivity index (χ4v) is 2.38. The van der Waals surface area contributed by atoms with Crippen LogP contribution in [-0.2, 0) is 6.54 Å². The van der Waals surface area contributed by atoms with Gasteiger partial charge in [0.2, 0.25) is 0 Å². The van der Waals surface area contributed by atoms with Crippen molar-refractivity contribution >= 4 is 28.1 Å². The van der Waals surface area contributed by atoms with Crippen molar-refractivity contribution in [1.29, 1.82) is 0 Å². The fraction of sp³-hybridized carbons (Fsp3) is 0.286. The number of aromatic nitrogens is 1. The molecular formula is C14H19N5OS. The molecule has 0 amide bonds. The lowest BCUT2D eigenvalue weighted by Gasteiger charge is -2.07. The first-order chi connectivity index (χ1) is 10.1. The number of anilines is 2. The lowest BCUT2D eigenvalue weighted by Crippen LogP contribution is -2.22. The van der Waals surface area contributed by atoms with E-state index in [4.69, 9.17) is 10.5 Å². The molecule has 112 valence electrons. The van der Waals surface area contributed by atoms with Gasteiger partial charge in [0.05, 0.1) is 19.3 Å². The number of thiazole rings is 1. The van der Waals surface area contributed by atoms with Gasteiger partial charge in [-0.15, -0.1) is 11.3 Å². The van der Waals surface area contributed by atoms with Crippen LogP contribution in [0.3, 0.4) is 0 Å². The SMILES string of the molecule is COc1cccc(NC(N)=NCc2csc(N(C)C)n2)c1. The van der Waals surface area contributed by atoms with E-state index in [2.05, 4.69) is 15.3 Å². The quantitative estimate of drug-likeness (QED) is 0.654. The molecule has 1 aromatic carbocycles. The first-order valence-electron chi connectivity index (χ1n) is 6.41. The normalized spacial score (nSPS) is 11.3. The van der Waals surface area contributed by atoms with Gasteiger partial charge in [-0.3, -0.25) is 0 Å². The zero-order valence-corrected chi connectivity index (χ0v) is 13.1. The van der Waals surface area contributed by atoms with Crippen molar-refractivity contribution in [3.63, 3.8) is 0 Å². The van der Waals surface area contributed by atoms with Gasteiger partial charge in [0.1, 0.15) is 5.75 Å². The molecule has 6 nitrogen and oxygen atoms in total. The summed E-state index contributed by atoms with van der Waals surface area (Å²) in [7, 11) is 5.55. The van der Waals surface area contributed by atoms with Crippen molar-refractivity contribution in [2.24, 2.45) is 10.7 Å². The third-order valence-electron chi connectivity index (χ3n) is 2.68. The minimum Gasteiger partial charge on any atom is -0.497 e. The Labute approximate surface area is 128 Å². The van der Waals surface area contributed by atoms with E-state index in [1.807, 2.05) is 48.6 Å². The maximum atomic E-state index is 5.87. The molecule has 0 bridgehead atoms. The zero-order valence-electron chi connectivity index (χ0n) is 12.3. The molecule has 0 saturated carbocycles. The number of hydrogen-bond donors (Lipinski definition) is 2. The summed E-state index contributed by atoms with van der Waals surface area (Å²) in [5, 5.41) is 5.97. The lowest BCUT2D eigenvalue weighted by atomic mass is 10.3. The molecule has 7 heteroatoms. The first kappa shape index (κ1) is 15.1. The van der Waals surface area contributed by atoms with E-state index >= 15 is 0 Å². The summed E-state index contributed by atoms with van der Waals surface area (Å²) >= 11 is 1.59. The first-order valence-corrected chi connectivity index (χ1v) is 7.29. The van der Waals surface area contributed by atoms with Gasteiger partial charge < -0.3 is 20.7 Å². The van der Waals surface area contributed by atoms with Crippen molar-refractivity contribution in [1.82, 2.24) is 4.98 Å². The van der Waals surface area contributed by atoms with E-state index in [0.717, 1.165) is 22.3 Å². The summed E-state index contributed by atoms with van der Waals surface area (Å²) in [5.74, 6) is 1.12. The molecule has 0 aliphatic carbocycles. The predicted octanol–water partition coefficient (Wildman–Crippen LogP) is 2.14. The smallest absolute Gasteiger partial charge is 0.193 e. The summed E-state index contributed by atoms with van der Waals surface area (Å²) in [6.07, 6.45) is 0. The number of rotatable bonds is 5. The van der Waals surface area contributed by atoms with E-state index in [0.29, 0.717) is 12.5 Å². The highest BCUT2D eigenvalue weighted by atomic mass is 32.1. The van der Waals surface area contributed by atoms with Crippen LogP contribution in [-0.4, -0.2) is 32.1 Å². The lowest BCUT2D eigenvalue weighted by molar-refractivity contribution is 0.415. The minimum atomic E-state index is 0.350. The van der Waals surface area contributed by atoms with Gasteiger partial charge in [-0.05, 0) is 12.1 Å². The molecule has 1 heterocycles. The number of benzene rings is 1. The van der Waals surface area contributed by atoms with Crippen molar-refractivity contribution in [3.05, 3.63) is 35.3 Å². The van der Waals surface area contributed by atoms with Crippen LogP contribution >= 0.6 is 11.3 Å². The number of ether oxygens (including phenoxy) is 1. The standard InChI is InChI=1S/C14H19N5OS/c1-19(2)14-18-11(9-21-14)8-16-13(15)17-10-5-4-6-12(7-10)20-3/h4-7,9H,8H2,1-3H3,(H3,15,16,17). The van der Waals surface area contributed by atoms with E-state index in [1.54, 1.807) is 18.4 Å². The van der Waals surface area contributed by atoms with Gasteiger partial charge in [-0.2, -0.15) is 0 Å². The molecule has 3 N–H and O–H groups in total. The molecule has 21 heavy (non-hydrogen) atoms. The highest BCUT2D eigenvalue weighted by Gasteiger charge is 2.03. The molecule has 0 aliphatic rings. The van der Waals surface area contributed by atoms with Crippen LogP contribution in [0.1, 0.15) is 5.69 Å². The van der Waals surface area contributed by atoms with Crippen molar-refractivity contribution in [3.8, 4) is 5.75 Å². The molecule has 1 aromatic heterocycles. The van der Waals surface area contributed by atoms with Crippen LogP contribution in [0.25, 0.3) is 0 Å². The van der Waals surface area contributed by atoms with Crippen molar-refractivity contribution in [2.45, 2.75) is 6.54 Å². The molecule has 0 fully saturated rings. The highest BCUT2D eigenvalue weighted by molar-refractivity contribution is 7.13. The van der Waals surface area contributed by atoms with Gasteiger partial charge >= 0.3 is 0 Å². The Hall–Kier alpha value is -2.28. The summed E-state index contributed by atoms with van der Waals surface area (Å²) in [6, 6.07) is 7.52. The summed E-state index contributed by atoms with van der Waals surface area (Å²) in [5.41, 5.74) is 7.61. The topological polar surface area (TPSA) is 75.8 Å². The molecule has 0 saturated heterocycles. The predicted molar refractivity (Wildman–Crippen MR) is 88.4 cm³/mol. The van der Waals surface area contributed by atoms with Crippen LogP contribution in [0.2, 0.25) is 0 Å². The summed E-state index contributed by atoms with van der Waals surface area (Å²) in [6.45, 7) is 0.452. The Kier molecular flexibility index (Phi) is 4.99. The number of nitrogens with one attached hydrogen (secondary N) is 1. The second-order valence-electron chi connectivity index (χ2n) is 4.57. The van der Waals surface area contributed by atoms with Crippen LogP contribution in [0.15, 0.2) is 34.6 Å². The summed E-state index contributed by atoms with van der Waals surface area (Å²) < 4.78 is 5.16. The second kappa shape index (κ2) is 6.94. The van der Waals surface area contributed by atoms with E-state index in [-0.39, 0.29) is 0 Å². The molecule has 0 unspecified atom stereocenters. The second-order valence-corrected chi connectivity index (χ2v) is 5.41. The maximum absolute atomic E-state index is 5.87. The van der Waals surface area contributed by atoms with Crippen molar-refractivity contribution < 1.29 is 4.74 Å². The Balaban J connectivity index is 1.96. The van der Waals surface area contributed by atoms with Gasteiger partial charge in [-0.25, -0.2) is 9.98 Å². The average Bonchev–Trinajstić information content (AvgIpc) is 2.94. The van der Waals surface area contributed by atoms with Gasteiger partial charge in [0, 0.05) is 31.2 Å². The number of aliphatic imine (C=N–C) groups is 1. The van der Waals surface area contributed by atoms with Gasteiger partial charge in [0.15, 0.2) is 11.1 Å². The van der Waals surface area contributed by atoms with Gasteiger partial charge in [-0.1, -0.05) is 6.07 Å². The Morgan fingerprint density at radius 1 is 1.48 bits per heavy atom. The number of nitrogens with zero attached hydrogens (tertiary/aromatic N) is 3. The molecule has 0 aliphatic heterocycles. The summed E-state index contributed by atoms with van der Waals surface area (Å²) in [4.78, 5) is 10.7. The highest BCUT2D eigenvalue weighted by Crippen LogP contribution is 2.19. The third-order valence-corrected chi connectivity index (χ3v) is 3.73. The average molecular weight is 305 g/mol. The largest absolute Gasteiger partial charge is 0.497 e. The van der Waals surface area contributed by atoms with Crippen LogP contribution in [0, 0.1) is 0 Å². The number of guanidine groups is 1. The number of methoxy groups -OCH3 is 1. The molecule has 2 rings (SSSR count). The zero-order chi connectivity index (χ0) is 15.2. The Morgan fingerprint density at radius 2 is 2.29 bits per heavy atom. The monoisotopic (exact) mass is 305 g/mol. The van der Waals surface area contributed by atoms with Crippen molar-refractivity contribution in [2.75, 3.05) is 31.4 Å². The number of nitrogens with two attached hydrogens (primary N) is 1. The van der Waals surface area contributed by atoms with Gasteiger partial charge in [0.25, 0.3) is 0 Å². The minimum absolute atomic E-state index is 0.350. The van der Waals surface area contributed by atoms with Crippen LogP contribution in [0.4, 0.5) is 10.8 Å². The molecule has 0 radical (unpaired) electrons. The molecule has 0 spiro atoms. The maximum Gasteiger partial charge on any atom is 0.193 e. The van der Waals surface area contributed by atoms with Crippen LogP contribution < -0.4 is 20.7 Å². The molecule has 0 atom stereocenters. The third kappa shape index (κ3) is 4.35. The Morgan fingerprint density at radius 3 is 2.95 bits per heavy atom. The molecular weight excluding hydrogens is 286 g/mol. The fourth-order valence-electron chi connectivity index (χ4n) is 1.63. The molecule has 2 aromatic rings. The number of hydrogen-bond acceptors (Lipinski definition) is 5. The van der Waals surface area contributed by atoms with E-state index in [1.165, 1.54) is 0 Å². The van der Waals surface area contributed by atoms with E-state index < -0.39 is 0 Å². The van der Waals surface area contributed by atoms with E-state index in [9.17, 15) is 0 Å². The Bertz CT molecular complexity index is 623.